The molecule has 1 amide bonds. The Bertz CT molecular complexity index is 825. The third-order valence-electron chi connectivity index (χ3n) is 5.70. The number of hydrogen-bond donors (Lipinski definition) is 1. The third kappa shape index (κ3) is 3.21. The first-order valence-corrected chi connectivity index (χ1v) is 9.58. The van der Waals surface area contributed by atoms with Gasteiger partial charge in [0.25, 0.3) is 5.91 Å². The summed E-state index contributed by atoms with van der Waals surface area (Å²) in [5.74, 6) is 0.0306. The molecule has 1 saturated heterocycles. The number of fused-ring (bicyclic) bond motifs is 2. The highest BCUT2D eigenvalue weighted by atomic mass is 16.5. The molecule has 5 heteroatoms. The van der Waals surface area contributed by atoms with E-state index in [1.807, 2.05) is 24.3 Å². The number of benzene rings is 1. The SMILES string of the molecule is CC(C)(CNC(=O)c1c2c(nc3ccccc13)CCC2)N1CCOCC1. The first-order chi connectivity index (χ1) is 12.6. The van der Waals surface area contributed by atoms with E-state index < -0.39 is 0 Å². The number of amides is 1. The Hall–Kier alpha value is -1.98. The minimum Gasteiger partial charge on any atom is -0.379 e. The van der Waals surface area contributed by atoms with Crippen molar-refractivity contribution in [3.05, 3.63) is 41.1 Å². The topological polar surface area (TPSA) is 54.5 Å². The zero-order valence-corrected chi connectivity index (χ0v) is 15.7. The van der Waals surface area contributed by atoms with Gasteiger partial charge in [-0.3, -0.25) is 14.7 Å². The highest BCUT2D eigenvalue weighted by Gasteiger charge is 2.30. The summed E-state index contributed by atoms with van der Waals surface area (Å²) in [5, 5.41) is 4.18. The highest BCUT2D eigenvalue weighted by Crippen LogP contribution is 2.30. The number of nitrogens with zero attached hydrogens (tertiary/aromatic N) is 2. The van der Waals surface area contributed by atoms with Crippen LogP contribution in [0.1, 0.15) is 41.9 Å². The van der Waals surface area contributed by atoms with Crippen molar-refractivity contribution >= 4 is 16.8 Å². The fourth-order valence-electron chi connectivity index (χ4n) is 4.14. The second-order valence-electron chi connectivity index (χ2n) is 7.88. The molecular weight excluding hydrogens is 326 g/mol. The van der Waals surface area contributed by atoms with Gasteiger partial charge >= 0.3 is 0 Å². The summed E-state index contributed by atoms with van der Waals surface area (Å²) in [6.07, 6.45) is 3.00. The maximum absolute atomic E-state index is 13.2. The summed E-state index contributed by atoms with van der Waals surface area (Å²) < 4.78 is 5.45. The fourth-order valence-corrected chi connectivity index (χ4v) is 4.14. The summed E-state index contributed by atoms with van der Waals surface area (Å²) in [6, 6.07) is 7.99. The number of rotatable bonds is 4. The standard InChI is InChI=1S/C21H27N3O2/c1-21(2,24-10-12-26-13-11-24)14-22-20(25)19-15-6-3-4-8-17(15)23-18-9-5-7-16(18)19/h3-4,6,8H,5,7,9-14H2,1-2H3,(H,22,25). The summed E-state index contributed by atoms with van der Waals surface area (Å²) in [5.41, 5.74) is 3.91. The van der Waals surface area contributed by atoms with E-state index in [4.69, 9.17) is 9.72 Å². The van der Waals surface area contributed by atoms with Crippen LogP contribution >= 0.6 is 0 Å². The molecule has 2 aromatic rings. The van der Waals surface area contributed by atoms with Crippen LogP contribution in [0, 0.1) is 0 Å². The number of para-hydroxylation sites is 1. The number of hydrogen-bond acceptors (Lipinski definition) is 4. The van der Waals surface area contributed by atoms with Crippen molar-refractivity contribution < 1.29 is 9.53 Å². The molecule has 2 aliphatic rings. The van der Waals surface area contributed by atoms with Crippen LogP contribution in [0.2, 0.25) is 0 Å². The molecule has 26 heavy (non-hydrogen) atoms. The van der Waals surface area contributed by atoms with Gasteiger partial charge in [0.2, 0.25) is 0 Å². The third-order valence-corrected chi connectivity index (χ3v) is 5.70. The number of aryl methyl sites for hydroxylation is 1. The molecule has 0 radical (unpaired) electrons. The van der Waals surface area contributed by atoms with E-state index in [2.05, 4.69) is 24.1 Å². The predicted octanol–water partition coefficient (Wildman–Crippen LogP) is 2.56. The van der Waals surface area contributed by atoms with Gasteiger partial charge in [-0.25, -0.2) is 0 Å². The lowest BCUT2D eigenvalue weighted by atomic mass is 9.99. The van der Waals surface area contributed by atoms with E-state index in [1.54, 1.807) is 0 Å². The Morgan fingerprint density at radius 2 is 2.00 bits per heavy atom. The molecule has 0 spiro atoms. The Morgan fingerprint density at radius 1 is 1.23 bits per heavy atom. The fraction of sp³-hybridized carbons (Fsp3) is 0.524. The quantitative estimate of drug-likeness (QED) is 0.918. The second kappa shape index (κ2) is 6.97. The summed E-state index contributed by atoms with van der Waals surface area (Å²) in [7, 11) is 0. The van der Waals surface area contributed by atoms with Crippen LogP contribution < -0.4 is 5.32 Å². The van der Waals surface area contributed by atoms with Crippen LogP contribution in [0.3, 0.4) is 0 Å². The number of morpholine rings is 1. The van der Waals surface area contributed by atoms with E-state index in [0.29, 0.717) is 6.54 Å². The minimum absolute atomic E-state index is 0.0306. The molecule has 1 N–H and O–H groups in total. The molecule has 2 heterocycles. The van der Waals surface area contributed by atoms with Gasteiger partial charge in [-0.1, -0.05) is 18.2 Å². The lowest BCUT2D eigenvalue weighted by Crippen LogP contribution is -2.55. The molecule has 138 valence electrons. The molecule has 0 bridgehead atoms. The van der Waals surface area contributed by atoms with Gasteiger partial charge in [-0.15, -0.1) is 0 Å². The summed E-state index contributed by atoms with van der Waals surface area (Å²) in [6.45, 7) is 8.35. The van der Waals surface area contributed by atoms with Crippen LogP contribution in [0.5, 0.6) is 0 Å². The smallest absolute Gasteiger partial charge is 0.252 e. The molecule has 1 aromatic carbocycles. The molecule has 1 aromatic heterocycles. The number of nitrogens with one attached hydrogen (secondary N) is 1. The monoisotopic (exact) mass is 353 g/mol. The molecule has 1 fully saturated rings. The Balaban J connectivity index is 1.59. The number of pyridine rings is 1. The summed E-state index contributed by atoms with van der Waals surface area (Å²) in [4.78, 5) is 20.3. The number of carbonyl (C=O) groups excluding carboxylic acids is 1. The van der Waals surface area contributed by atoms with Crippen molar-refractivity contribution in [3.63, 3.8) is 0 Å². The number of aromatic nitrogens is 1. The summed E-state index contributed by atoms with van der Waals surface area (Å²) >= 11 is 0. The molecule has 1 aliphatic carbocycles. The molecule has 0 saturated carbocycles. The van der Waals surface area contributed by atoms with Gasteiger partial charge in [-0.2, -0.15) is 0 Å². The van der Waals surface area contributed by atoms with Gasteiger partial charge in [0.1, 0.15) is 0 Å². The second-order valence-corrected chi connectivity index (χ2v) is 7.88. The maximum Gasteiger partial charge on any atom is 0.252 e. The van der Waals surface area contributed by atoms with Crippen molar-refractivity contribution in [2.75, 3.05) is 32.8 Å². The molecule has 0 atom stereocenters. The predicted molar refractivity (Wildman–Crippen MR) is 103 cm³/mol. The first-order valence-electron chi connectivity index (χ1n) is 9.58. The van der Waals surface area contributed by atoms with Crippen LogP contribution in [0.4, 0.5) is 0 Å². The Kier molecular flexibility index (Phi) is 4.67. The Labute approximate surface area is 154 Å². The largest absolute Gasteiger partial charge is 0.379 e. The van der Waals surface area contributed by atoms with Crippen LogP contribution in [-0.4, -0.2) is 54.2 Å². The number of carbonyl (C=O) groups is 1. The van der Waals surface area contributed by atoms with Crippen LogP contribution in [0.15, 0.2) is 24.3 Å². The van der Waals surface area contributed by atoms with Gasteiger partial charge in [0.05, 0.1) is 24.3 Å². The van der Waals surface area contributed by atoms with E-state index in [0.717, 1.165) is 73.3 Å². The zero-order chi connectivity index (χ0) is 18.1. The lowest BCUT2D eigenvalue weighted by Gasteiger charge is -2.40. The van der Waals surface area contributed by atoms with E-state index in [-0.39, 0.29) is 11.4 Å². The van der Waals surface area contributed by atoms with E-state index in [1.165, 1.54) is 0 Å². The van der Waals surface area contributed by atoms with Crippen molar-refractivity contribution in [3.8, 4) is 0 Å². The van der Waals surface area contributed by atoms with Gasteiger partial charge in [-0.05, 0) is 44.7 Å². The van der Waals surface area contributed by atoms with Gasteiger partial charge in [0, 0.05) is 36.3 Å². The molecule has 1 aliphatic heterocycles. The normalized spacial score (nSPS) is 18.1. The first kappa shape index (κ1) is 17.4. The van der Waals surface area contributed by atoms with Crippen molar-refractivity contribution in [2.45, 2.75) is 38.6 Å². The van der Waals surface area contributed by atoms with Crippen molar-refractivity contribution in [1.29, 1.82) is 0 Å². The van der Waals surface area contributed by atoms with Crippen molar-refractivity contribution in [1.82, 2.24) is 15.2 Å². The van der Waals surface area contributed by atoms with Crippen LogP contribution in [-0.2, 0) is 17.6 Å². The molecule has 5 nitrogen and oxygen atoms in total. The molecule has 0 unspecified atom stereocenters. The average molecular weight is 353 g/mol. The van der Waals surface area contributed by atoms with Crippen LogP contribution in [0.25, 0.3) is 10.9 Å². The average Bonchev–Trinajstić information content (AvgIpc) is 3.13. The minimum atomic E-state index is -0.0918. The molecule has 4 rings (SSSR count). The number of ether oxygens (including phenoxy) is 1. The molecular formula is C21H27N3O2. The zero-order valence-electron chi connectivity index (χ0n) is 15.7. The van der Waals surface area contributed by atoms with E-state index >= 15 is 0 Å². The van der Waals surface area contributed by atoms with Gasteiger partial charge in [0.15, 0.2) is 0 Å². The van der Waals surface area contributed by atoms with Gasteiger partial charge < -0.3 is 10.1 Å². The lowest BCUT2D eigenvalue weighted by molar-refractivity contribution is -0.00923. The highest BCUT2D eigenvalue weighted by molar-refractivity contribution is 6.07. The van der Waals surface area contributed by atoms with Crippen molar-refractivity contribution in [2.24, 2.45) is 0 Å². The van der Waals surface area contributed by atoms with E-state index in [9.17, 15) is 4.79 Å². The maximum atomic E-state index is 13.2. The Morgan fingerprint density at radius 3 is 2.81 bits per heavy atom.